The Bertz CT molecular complexity index is 945. The quantitative estimate of drug-likeness (QED) is 0.773. The molecule has 1 amide bonds. The molecule has 1 fully saturated rings. The van der Waals surface area contributed by atoms with E-state index in [1.54, 1.807) is 4.90 Å². The first-order valence-corrected chi connectivity index (χ1v) is 10.4. The monoisotopic (exact) mass is 376 g/mol. The molecule has 3 aliphatic heterocycles. The maximum atomic E-state index is 11.7. The lowest BCUT2D eigenvalue weighted by Crippen LogP contribution is -2.47. The number of hydrogen-bond acceptors (Lipinski definition) is 2. The molecular formula is C24H28N2O2. The lowest BCUT2D eigenvalue weighted by atomic mass is 9.73. The van der Waals surface area contributed by atoms with Crippen molar-refractivity contribution in [3.05, 3.63) is 53.1 Å². The molecule has 0 radical (unpaired) electrons. The van der Waals surface area contributed by atoms with E-state index in [0.717, 1.165) is 19.4 Å². The summed E-state index contributed by atoms with van der Waals surface area (Å²) in [5.74, 6) is 0.275. The van der Waals surface area contributed by atoms with Crippen molar-refractivity contribution >= 4 is 11.8 Å². The molecule has 2 aromatic carbocycles. The van der Waals surface area contributed by atoms with E-state index >= 15 is 0 Å². The standard InChI is InChI=1S/C24H28N2O2/c1-24(2,3)21-17(15-7-5-4-6-8-15)13-16-9-12-26-19-10-11-25(23(27)28)14-18(19)20(21)22(16)26/h4-8,13,18-19H,9-12,14H2,1-3H3,(H,27,28)/t18-,19+/m1/s1. The Kier molecular flexibility index (Phi) is 3.77. The van der Waals surface area contributed by atoms with E-state index < -0.39 is 6.09 Å². The van der Waals surface area contributed by atoms with Crippen molar-refractivity contribution in [2.45, 2.75) is 51.0 Å². The van der Waals surface area contributed by atoms with Crippen LogP contribution in [0.25, 0.3) is 11.1 Å². The number of carboxylic acid groups (broad SMARTS) is 1. The average Bonchev–Trinajstić information content (AvgIpc) is 3.23. The van der Waals surface area contributed by atoms with E-state index in [0.29, 0.717) is 19.1 Å². The number of carbonyl (C=O) groups is 1. The van der Waals surface area contributed by atoms with Gasteiger partial charge in [0.25, 0.3) is 0 Å². The number of rotatable bonds is 1. The molecule has 0 bridgehead atoms. The van der Waals surface area contributed by atoms with Gasteiger partial charge in [0, 0.05) is 37.3 Å². The fourth-order valence-corrected chi connectivity index (χ4v) is 5.75. The highest BCUT2D eigenvalue weighted by Crippen LogP contribution is 2.55. The van der Waals surface area contributed by atoms with Gasteiger partial charge in [-0.3, -0.25) is 0 Å². The van der Waals surface area contributed by atoms with E-state index in [4.69, 9.17) is 0 Å². The van der Waals surface area contributed by atoms with Crippen molar-refractivity contribution in [1.82, 2.24) is 4.90 Å². The first-order valence-electron chi connectivity index (χ1n) is 10.4. The third kappa shape index (κ3) is 2.47. The van der Waals surface area contributed by atoms with Gasteiger partial charge in [0.05, 0.1) is 0 Å². The molecule has 0 aliphatic carbocycles. The van der Waals surface area contributed by atoms with Crippen LogP contribution in [0.5, 0.6) is 0 Å². The largest absolute Gasteiger partial charge is 0.465 e. The number of amides is 1. The number of piperidine rings is 1. The predicted molar refractivity (Wildman–Crippen MR) is 112 cm³/mol. The molecule has 0 unspecified atom stereocenters. The summed E-state index contributed by atoms with van der Waals surface area (Å²) in [6.45, 7) is 9.21. The van der Waals surface area contributed by atoms with Crippen LogP contribution < -0.4 is 4.90 Å². The molecule has 146 valence electrons. The van der Waals surface area contributed by atoms with E-state index in [1.165, 1.54) is 33.5 Å². The third-order valence-electron chi connectivity index (χ3n) is 6.78. The molecule has 4 heteroatoms. The molecule has 2 aromatic rings. The lowest BCUT2D eigenvalue weighted by Gasteiger charge is -2.38. The fourth-order valence-electron chi connectivity index (χ4n) is 5.75. The minimum absolute atomic E-state index is 0.00973. The zero-order valence-electron chi connectivity index (χ0n) is 16.9. The van der Waals surface area contributed by atoms with Gasteiger partial charge < -0.3 is 14.9 Å². The summed E-state index contributed by atoms with van der Waals surface area (Å²) in [5, 5.41) is 9.61. The van der Waals surface area contributed by atoms with Gasteiger partial charge in [-0.2, -0.15) is 0 Å². The minimum Gasteiger partial charge on any atom is -0.465 e. The van der Waals surface area contributed by atoms with Gasteiger partial charge in [0.1, 0.15) is 0 Å². The van der Waals surface area contributed by atoms with Crippen LogP contribution >= 0.6 is 0 Å². The Labute approximate surface area is 166 Å². The zero-order valence-corrected chi connectivity index (χ0v) is 16.9. The van der Waals surface area contributed by atoms with Crippen LogP contribution in [0.15, 0.2) is 36.4 Å². The number of anilines is 1. The van der Waals surface area contributed by atoms with Crippen molar-refractivity contribution in [2.24, 2.45) is 0 Å². The summed E-state index contributed by atoms with van der Waals surface area (Å²) in [5.41, 5.74) is 8.28. The molecule has 5 rings (SSSR count). The van der Waals surface area contributed by atoms with Gasteiger partial charge in [-0.15, -0.1) is 0 Å². The number of nitrogens with zero attached hydrogens (tertiary/aromatic N) is 2. The first kappa shape index (κ1) is 17.6. The first-order chi connectivity index (χ1) is 13.4. The molecule has 0 saturated carbocycles. The maximum absolute atomic E-state index is 11.7. The molecular weight excluding hydrogens is 348 g/mol. The second-order valence-corrected chi connectivity index (χ2v) is 9.47. The van der Waals surface area contributed by atoms with Crippen molar-refractivity contribution in [2.75, 3.05) is 24.5 Å². The Morgan fingerprint density at radius 3 is 2.57 bits per heavy atom. The highest BCUT2D eigenvalue weighted by molar-refractivity contribution is 5.82. The van der Waals surface area contributed by atoms with Gasteiger partial charge in [0.2, 0.25) is 0 Å². The van der Waals surface area contributed by atoms with Crippen LogP contribution in [0.1, 0.15) is 49.8 Å². The highest BCUT2D eigenvalue weighted by Gasteiger charge is 2.48. The Morgan fingerprint density at radius 1 is 1.14 bits per heavy atom. The Hall–Kier alpha value is -2.49. The van der Waals surface area contributed by atoms with Crippen molar-refractivity contribution < 1.29 is 9.90 Å². The van der Waals surface area contributed by atoms with Gasteiger partial charge in [0.15, 0.2) is 0 Å². The van der Waals surface area contributed by atoms with Crippen LogP contribution in [-0.2, 0) is 11.8 Å². The topological polar surface area (TPSA) is 43.8 Å². The number of likely N-dealkylation sites (tertiary alicyclic amines) is 1. The summed E-state index contributed by atoms with van der Waals surface area (Å²) < 4.78 is 0. The maximum Gasteiger partial charge on any atom is 0.407 e. The molecule has 3 heterocycles. The summed E-state index contributed by atoms with van der Waals surface area (Å²) in [6.07, 6.45) is 1.24. The van der Waals surface area contributed by atoms with E-state index in [2.05, 4.69) is 62.1 Å². The second-order valence-electron chi connectivity index (χ2n) is 9.47. The summed E-state index contributed by atoms with van der Waals surface area (Å²) in [4.78, 5) is 15.9. The van der Waals surface area contributed by atoms with Crippen molar-refractivity contribution in [3.63, 3.8) is 0 Å². The molecule has 28 heavy (non-hydrogen) atoms. The SMILES string of the molecule is CC(C)(C)c1c(-c2ccccc2)cc2c3c1[C@@H]1CN(C(=O)O)CC[C@@H]1N3CC2. The van der Waals surface area contributed by atoms with Crippen LogP contribution in [0.4, 0.5) is 10.5 Å². The summed E-state index contributed by atoms with van der Waals surface area (Å²) in [6, 6.07) is 13.5. The third-order valence-corrected chi connectivity index (χ3v) is 6.78. The Morgan fingerprint density at radius 2 is 1.89 bits per heavy atom. The van der Waals surface area contributed by atoms with E-state index in [9.17, 15) is 9.90 Å². The molecule has 0 aromatic heterocycles. The summed E-state index contributed by atoms with van der Waals surface area (Å²) >= 11 is 0. The summed E-state index contributed by atoms with van der Waals surface area (Å²) in [7, 11) is 0. The van der Waals surface area contributed by atoms with Gasteiger partial charge in [-0.05, 0) is 52.1 Å². The van der Waals surface area contributed by atoms with Crippen LogP contribution in [0.2, 0.25) is 0 Å². The molecule has 0 spiro atoms. The van der Waals surface area contributed by atoms with Crippen molar-refractivity contribution in [3.8, 4) is 11.1 Å². The minimum atomic E-state index is -0.785. The van der Waals surface area contributed by atoms with E-state index in [-0.39, 0.29) is 11.3 Å². The lowest BCUT2D eigenvalue weighted by molar-refractivity contribution is 0.127. The smallest absolute Gasteiger partial charge is 0.407 e. The van der Waals surface area contributed by atoms with Gasteiger partial charge in [-0.1, -0.05) is 51.1 Å². The molecule has 4 nitrogen and oxygen atoms in total. The molecule has 1 N–H and O–H groups in total. The number of fused-ring (bicyclic) bond motifs is 3. The van der Waals surface area contributed by atoms with E-state index in [1.807, 2.05) is 0 Å². The van der Waals surface area contributed by atoms with Gasteiger partial charge >= 0.3 is 6.09 Å². The van der Waals surface area contributed by atoms with Crippen LogP contribution in [0, 0.1) is 0 Å². The molecule has 3 aliphatic rings. The highest BCUT2D eigenvalue weighted by atomic mass is 16.4. The van der Waals surface area contributed by atoms with Crippen molar-refractivity contribution in [1.29, 1.82) is 0 Å². The molecule has 1 saturated heterocycles. The normalized spacial score (nSPS) is 23.0. The average molecular weight is 377 g/mol. The number of hydrogen-bond donors (Lipinski definition) is 1. The van der Waals surface area contributed by atoms with Gasteiger partial charge in [-0.25, -0.2) is 4.79 Å². The second kappa shape index (κ2) is 6.00. The van der Waals surface area contributed by atoms with Crippen LogP contribution in [0.3, 0.4) is 0 Å². The number of benzene rings is 2. The Balaban J connectivity index is 1.76. The fraction of sp³-hybridized carbons (Fsp3) is 0.458. The predicted octanol–water partition coefficient (Wildman–Crippen LogP) is 4.86. The van der Waals surface area contributed by atoms with Crippen LogP contribution in [-0.4, -0.2) is 41.8 Å². The zero-order chi connectivity index (χ0) is 19.6. The molecule has 2 atom stereocenters.